The van der Waals surface area contributed by atoms with Gasteiger partial charge in [0.15, 0.2) is 0 Å². The van der Waals surface area contributed by atoms with Crippen LogP contribution in [0.2, 0.25) is 5.02 Å². The molecule has 0 spiro atoms. The Morgan fingerprint density at radius 1 is 1.16 bits per heavy atom. The van der Waals surface area contributed by atoms with Gasteiger partial charge in [0.05, 0.1) is 10.6 Å². The third-order valence-electron chi connectivity index (χ3n) is 2.76. The Balaban J connectivity index is 2.19. The van der Waals surface area contributed by atoms with Gasteiger partial charge in [-0.2, -0.15) is 5.26 Å². The predicted molar refractivity (Wildman–Crippen MR) is 81.6 cm³/mol. The lowest BCUT2D eigenvalue weighted by atomic mass is 10.1. The van der Waals surface area contributed by atoms with E-state index in [1.54, 1.807) is 17.8 Å². The molecule has 0 aliphatic carbocycles. The average molecular weight is 288 g/mol. The number of nitriles is 1. The first-order valence-electron chi connectivity index (χ1n) is 5.99. The summed E-state index contributed by atoms with van der Waals surface area (Å²) in [6, 6.07) is 14.3. The van der Waals surface area contributed by atoms with Crippen molar-refractivity contribution >= 4 is 23.4 Å². The molecule has 0 amide bonds. The highest BCUT2D eigenvalue weighted by Gasteiger charge is 2.07. The first-order valence-corrected chi connectivity index (χ1v) is 7.35. The molecule has 0 saturated carbocycles. The van der Waals surface area contributed by atoms with Crippen molar-refractivity contribution in [3.8, 4) is 6.07 Å². The number of aryl methyl sites for hydroxylation is 2. The van der Waals surface area contributed by atoms with Gasteiger partial charge >= 0.3 is 0 Å². The first-order chi connectivity index (χ1) is 9.10. The Morgan fingerprint density at radius 3 is 2.47 bits per heavy atom. The Labute approximate surface area is 123 Å². The van der Waals surface area contributed by atoms with Crippen LogP contribution in [0, 0.1) is 25.2 Å². The zero-order valence-corrected chi connectivity index (χ0v) is 12.5. The lowest BCUT2D eigenvalue weighted by Crippen LogP contribution is -1.87. The van der Waals surface area contributed by atoms with Crippen molar-refractivity contribution in [3.63, 3.8) is 0 Å². The first kappa shape index (κ1) is 14.0. The van der Waals surface area contributed by atoms with Gasteiger partial charge in [-0.3, -0.25) is 0 Å². The van der Waals surface area contributed by atoms with Gasteiger partial charge < -0.3 is 0 Å². The van der Waals surface area contributed by atoms with Crippen LogP contribution in [0.4, 0.5) is 0 Å². The van der Waals surface area contributed by atoms with E-state index in [1.165, 1.54) is 16.7 Å². The molecule has 2 rings (SSSR count). The average Bonchev–Trinajstić information content (AvgIpc) is 2.35. The summed E-state index contributed by atoms with van der Waals surface area (Å²) in [5.41, 5.74) is 4.37. The minimum absolute atomic E-state index is 0.521. The van der Waals surface area contributed by atoms with Crippen LogP contribution in [0.5, 0.6) is 0 Å². The van der Waals surface area contributed by atoms with Gasteiger partial charge in [-0.15, -0.1) is 11.8 Å². The van der Waals surface area contributed by atoms with Gasteiger partial charge in [0.1, 0.15) is 6.07 Å². The highest BCUT2D eigenvalue weighted by Crippen LogP contribution is 2.30. The fourth-order valence-corrected chi connectivity index (χ4v) is 3.28. The second-order valence-electron chi connectivity index (χ2n) is 4.51. The van der Waals surface area contributed by atoms with Crippen LogP contribution in [0.15, 0.2) is 41.3 Å². The van der Waals surface area contributed by atoms with Crippen molar-refractivity contribution in [3.05, 3.63) is 63.7 Å². The van der Waals surface area contributed by atoms with Crippen molar-refractivity contribution in [2.75, 3.05) is 0 Å². The Kier molecular flexibility index (Phi) is 4.52. The lowest BCUT2D eigenvalue weighted by Gasteiger charge is -2.07. The van der Waals surface area contributed by atoms with E-state index in [0.717, 1.165) is 10.6 Å². The van der Waals surface area contributed by atoms with E-state index in [2.05, 4.69) is 38.1 Å². The van der Waals surface area contributed by atoms with Crippen LogP contribution < -0.4 is 0 Å². The number of benzene rings is 2. The zero-order valence-electron chi connectivity index (χ0n) is 10.9. The molecular weight excluding hydrogens is 274 g/mol. The summed E-state index contributed by atoms with van der Waals surface area (Å²) in [7, 11) is 0. The molecule has 0 unspecified atom stereocenters. The summed E-state index contributed by atoms with van der Waals surface area (Å²) in [6.45, 7) is 4.20. The molecule has 0 N–H and O–H groups in total. The highest BCUT2D eigenvalue weighted by molar-refractivity contribution is 7.98. The minimum Gasteiger partial charge on any atom is -0.192 e. The summed E-state index contributed by atoms with van der Waals surface area (Å²) in [5.74, 6) is 0.845. The van der Waals surface area contributed by atoms with Crippen molar-refractivity contribution < 1.29 is 0 Å². The van der Waals surface area contributed by atoms with Crippen molar-refractivity contribution in [1.82, 2.24) is 0 Å². The number of thioether (sulfide) groups is 1. The molecule has 0 radical (unpaired) electrons. The number of hydrogen-bond donors (Lipinski definition) is 0. The quantitative estimate of drug-likeness (QED) is 0.732. The molecule has 0 atom stereocenters. The van der Waals surface area contributed by atoms with Crippen molar-refractivity contribution in [2.24, 2.45) is 0 Å². The fourth-order valence-electron chi connectivity index (χ4n) is 2.05. The third-order valence-corrected chi connectivity index (χ3v) is 4.21. The number of nitrogens with zero attached hydrogens (tertiary/aromatic N) is 1. The van der Waals surface area contributed by atoms with Gasteiger partial charge in [-0.1, -0.05) is 47.0 Å². The van der Waals surface area contributed by atoms with Crippen LogP contribution in [0.25, 0.3) is 0 Å². The Hall–Kier alpha value is -1.43. The molecule has 3 heteroatoms. The van der Waals surface area contributed by atoms with Gasteiger partial charge in [-0.25, -0.2) is 0 Å². The van der Waals surface area contributed by atoms with Crippen LogP contribution in [-0.4, -0.2) is 0 Å². The van der Waals surface area contributed by atoms with E-state index in [4.69, 9.17) is 16.9 Å². The summed E-state index contributed by atoms with van der Waals surface area (Å²) in [6.07, 6.45) is 0. The van der Waals surface area contributed by atoms with E-state index in [-0.39, 0.29) is 0 Å². The minimum atomic E-state index is 0.521. The standard InChI is InChI=1S/C16H14ClNS/c1-11-6-12(2)8-13(7-11)10-19-16-5-3-4-15(17)14(16)9-18/h3-8H,10H2,1-2H3. The summed E-state index contributed by atoms with van der Waals surface area (Å²) < 4.78 is 0. The van der Waals surface area contributed by atoms with Gasteiger partial charge in [0.25, 0.3) is 0 Å². The van der Waals surface area contributed by atoms with Crippen molar-refractivity contribution in [1.29, 1.82) is 5.26 Å². The monoisotopic (exact) mass is 287 g/mol. The predicted octanol–water partition coefficient (Wildman–Crippen LogP) is 5.12. The molecule has 2 aromatic rings. The summed E-state index contributed by atoms with van der Waals surface area (Å²) in [5, 5.41) is 9.66. The second kappa shape index (κ2) is 6.14. The second-order valence-corrected chi connectivity index (χ2v) is 5.93. The van der Waals surface area contributed by atoms with Gasteiger partial charge in [0, 0.05) is 10.6 Å². The molecule has 0 saturated heterocycles. The van der Waals surface area contributed by atoms with Crippen molar-refractivity contribution in [2.45, 2.75) is 24.5 Å². The van der Waals surface area contributed by atoms with Crippen LogP contribution in [0.3, 0.4) is 0 Å². The molecule has 0 aliphatic rings. The topological polar surface area (TPSA) is 23.8 Å². The molecule has 96 valence electrons. The van der Waals surface area contributed by atoms with Gasteiger partial charge in [0.2, 0.25) is 0 Å². The van der Waals surface area contributed by atoms with E-state index in [9.17, 15) is 0 Å². The zero-order chi connectivity index (χ0) is 13.8. The molecule has 1 nitrogen and oxygen atoms in total. The van der Waals surface area contributed by atoms with E-state index < -0.39 is 0 Å². The number of hydrogen-bond acceptors (Lipinski definition) is 2. The normalized spacial score (nSPS) is 10.2. The molecule has 0 aliphatic heterocycles. The maximum absolute atomic E-state index is 9.14. The van der Waals surface area contributed by atoms with Gasteiger partial charge in [-0.05, 0) is 31.5 Å². The largest absolute Gasteiger partial charge is 0.192 e. The number of halogens is 1. The maximum atomic E-state index is 9.14. The van der Waals surface area contributed by atoms with E-state index in [0.29, 0.717) is 10.6 Å². The lowest BCUT2D eigenvalue weighted by molar-refractivity contribution is 1.29. The maximum Gasteiger partial charge on any atom is 0.102 e. The molecule has 19 heavy (non-hydrogen) atoms. The smallest absolute Gasteiger partial charge is 0.102 e. The third kappa shape index (κ3) is 3.53. The van der Waals surface area contributed by atoms with Crippen LogP contribution >= 0.6 is 23.4 Å². The molecule has 0 heterocycles. The van der Waals surface area contributed by atoms with E-state index >= 15 is 0 Å². The van der Waals surface area contributed by atoms with Crippen LogP contribution in [-0.2, 0) is 5.75 Å². The summed E-state index contributed by atoms with van der Waals surface area (Å²) in [4.78, 5) is 0.939. The molecule has 2 aromatic carbocycles. The van der Waals surface area contributed by atoms with E-state index in [1.807, 2.05) is 12.1 Å². The number of rotatable bonds is 3. The molecule has 0 bridgehead atoms. The molecular formula is C16H14ClNS. The molecule has 0 aromatic heterocycles. The van der Waals surface area contributed by atoms with Crippen LogP contribution in [0.1, 0.15) is 22.3 Å². The fraction of sp³-hybridized carbons (Fsp3) is 0.188. The summed E-state index contributed by atoms with van der Waals surface area (Å²) >= 11 is 7.68. The molecule has 0 fully saturated rings. The SMILES string of the molecule is Cc1cc(C)cc(CSc2cccc(Cl)c2C#N)c1. The Bertz CT molecular complexity index is 623. The Morgan fingerprint density at radius 2 is 1.84 bits per heavy atom. The highest BCUT2D eigenvalue weighted by atomic mass is 35.5.